The Balaban J connectivity index is 3.03. The number of halogens is 1. The van der Waals surface area contributed by atoms with E-state index in [1.165, 1.54) is 0 Å². The van der Waals surface area contributed by atoms with Crippen molar-refractivity contribution in [3.05, 3.63) is 18.5 Å². The highest BCUT2D eigenvalue weighted by Gasteiger charge is 1.91. The van der Waals surface area contributed by atoms with Crippen LogP contribution in [0.1, 0.15) is 0 Å². The summed E-state index contributed by atoms with van der Waals surface area (Å²) in [5.41, 5.74) is 6.90. The van der Waals surface area contributed by atoms with E-state index in [0.29, 0.717) is 5.69 Å². The Morgan fingerprint density at radius 1 is 1.70 bits per heavy atom. The van der Waals surface area contributed by atoms with Gasteiger partial charge in [0.2, 0.25) is 0 Å². The van der Waals surface area contributed by atoms with E-state index in [9.17, 15) is 0 Å². The van der Waals surface area contributed by atoms with Gasteiger partial charge in [0.05, 0.1) is 21.8 Å². The number of nitrogens with zero attached hydrogens (tertiary/aromatic N) is 2. The van der Waals surface area contributed by atoms with Crippen LogP contribution in [-0.2, 0) is 0 Å². The molecular formula is C6H6IN3. The molecule has 0 radical (unpaired) electrons. The molecule has 1 aromatic heterocycles. The first kappa shape index (κ1) is 7.46. The summed E-state index contributed by atoms with van der Waals surface area (Å²) in [7, 11) is 0. The number of nitrogens with two attached hydrogens (primary N) is 1. The van der Waals surface area contributed by atoms with Gasteiger partial charge in [-0.25, -0.2) is 4.99 Å². The average Bonchev–Trinajstić information content (AvgIpc) is 1.94. The smallest absolute Gasteiger partial charge is 0.0895 e. The van der Waals surface area contributed by atoms with Crippen LogP contribution in [0.2, 0.25) is 0 Å². The molecule has 0 bridgehead atoms. The van der Waals surface area contributed by atoms with E-state index in [-0.39, 0.29) is 0 Å². The van der Waals surface area contributed by atoms with Crippen LogP contribution in [0.3, 0.4) is 0 Å². The van der Waals surface area contributed by atoms with Gasteiger partial charge in [-0.05, 0) is 28.7 Å². The predicted molar refractivity (Wildman–Crippen MR) is 50.8 cm³/mol. The van der Waals surface area contributed by atoms with Crippen LogP contribution in [0.5, 0.6) is 0 Å². The van der Waals surface area contributed by atoms with Crippen molar-refractivity contribution >= 4 is 38.2 Å². The molecule has 0 aromatic carbocycles. The predicted octanol–water partition coefficient (Wildman–Crippen LogP) is 1.76. The van der Waals surface area contributed by atoms with E-state index in [1.54, 1.807) is 22.7 Å². The lowest BCUT2D eigenvalue weighted by Crippen LogP contribution is -1.85. The average molecular weight is 247 g/mol. The summed E-state index contributed by atoms with van der Waals surface area (Å²) >= 11 is 2.04. The Morgan fingerprint density at radius 3 is 3.10 bits per heavy atom. The van der Waals surface area contributed by atoms with Gasteiger partial charge in [-0.15, -0.1) is 0 Å². The van der Waals surface area contributed by atoms with Crippen molar-refractivity contribution in [1.82, 2.24) is 4.98 Å². The van der Waals surface area contributed by atoms with Gasteiger partial charge in [0.15, 0.2) is 0 Å². The minimum Gasteiger partial charge on any atom is -0.396 e. The van der Waals surface area contributed by atoms with Crippen molar-refractivity contribution in [1.29, 1.82) is 0 Å². The molecule has 10 heavy (non-hydrogen) atoms. The van der Waals surface area contributed by atoms with Gasteiger partial charge in [0.25, 0.3) is 0 Å². The third kappa shape index (κ3) is 1.66. The second-order valence-electron chi connectivity index (χ2n) is 1.66. The normalized spacial score (nSPS) is 10.5. The van der Waals surface area contributed by atoms with Gasteiger partial charge in [0, 0.05) is 6.20 Å². The summed E-state index contributed by atoms with van der Waals surface area (Å²) in [5.74, 6) is 0. The largest absolute Gasteiger partial charge is 0.396 e. The SMILES string of the molecule is Nc1cnccc1N=CI. The zero-order valence-corrected chi connectivity index (χ0v) is 7.32. The van der Waals surface area contributed by atoms with Gasteiger partial charge < -0.3 is 5.73 Å². The molecule has 0 fully saturated rings. The molecule has 2 N–H and O–H groups in total. The molecule has 1 heterocycles. The Hall–Kier alpha value is -0.650. The Morgan fingerprint density at radius 2 is 2.50 bits per heavy atom. The first-order valence-electron chi connectivity index (χ1n) is 2.67. The number of hydrogen-bond donors (Lipinski definition) is 1. The maximum Gasteiger partial charge on any atom is 0.0895 e. The van der Waals surface area contributed by atoms with Gasteiger partial charge in [0.1, 0.15) is 0 Å². The lowest BCUT2D eigenvalue weighted by molar-refractivity contribution is 1.32. The quantitative estimate of drug-likeness (QED) is 0.607. The first-order valence-corrected chi connectivity index (χ1v) is 3.91. The third-order valence-electron chi connectivity index (χ3n) is 1.02. The molecule has 4 heteroatoms. The van der Waals surface area contributed by atoms with Gasteiger partial charge >= 0.3 is 0 Å². The van der Waals surface area contributed by atoms with Gasteiger partial charge in [-0.1, -0.05) is 0 Å². The van der Waals surface area contributed by atoms with Crippen molar-refractivity contribution < 1.29 is 0 Å². The lowest BCUT2D eigenvalue weighted by Gasteiger charge is -1.94. The van der Waals surface area contributed by atoms with Crippen molar-refractivity contribution in [2.45, 2.75) is 0 Å². The fourth-order valence-electron chi connectivity index (χ4n) is 0.569. The number of aliphatic imine (C=N–C) groups is 1. The van der Waals surface area contributed by atoms with Crippen molar-refractivity contribution in [2.75, 3.05) is 5.73 Å². The number of nitrogen functional groups attached to an aromatic ring is 1. The highest BCUT2D eigenvalue weighted by Crippen LogP contribution is 2.18. The van der Waals surface area contributed by atoms with Crippen molar-refractivity contribution in [3.63, 3.8) is 0 Å². The molecule has 0 saturated carbocycles. The molecule has 3 nitrogen and oxygen atoms in total. The Bertz CT molecular complexity index is 247. The summed E-state index contributed by atoms with van der Waals surface area (Å²) in [6.45, 7) is 0. The second kappa shape index (κ2) is 3.50. The fourth-order valence-corrected chi connectivity index (χ4v) is 0.870. The maximum atomic E-state index is 5.53. The van der Waals surface area contributed by atoms with Crippen LogP contribution in [-0.4, -0.2) is 9.21 Å². The zero-order chi connectivity index (χ0) is 7.40. The van der Waals surface area contributed by atoms with Gasteiger partial charge in [-0.3, -0.25) is 4.98 Å². The third-order valence-corrected chi connectivity index (χ3v) is 1.29. The van der Waals surface area contributed by atoms with Crippen LogP contribution in [0.25, 0.3) is 0 Å². The first-order chi connectivity index (χ1) is 4.84. The van der Waals surface area contributed by atoms with Crippen LogP contribution in [0, 0.1) is 0 Å². The molecule has 0 amide bonds. The summed E-state index contributed by atoms with van der Waals surface area (Å²) in [6.07, 6.45) is 3.24. The second-order valence-corrected chi connectivity index (χ2v) is 2.22. The summed E-state index contributed by atoms with van der Waals surface area (Å²) in [4.78, 5) is 7.83. The minimum atomic E-state index is 0.607. The van der Waals surface area contributed by atoms with Crippen LogP contribution in [0.4, 0.5) is 11.4 Å². The molecule has 0 aliphatic heterocycles. The molecule has 1 aromatic rings. The van der Waals surface area contributed by atoms with E-state index >= 15 is 0 Å². The van der Waals surface area contributed by atoms with Crippen molar-refractivity contribution in [2.24, 2.45) is 4.99 Å². The molecule has 0 aliphatic carbocycles. The van der Waals surface area contributed by atoms with Crippen molar-refractivity contribution in [3.8, 4) is 0 Å². The Kier molecular flexibility index (Phi) is 2.61. The molecule has 0 unspecified atom stereocenters. The highest BCUT2D eigenvalue weighted by molar-refractivity contribution is 14.1. The molecule has 0 atom stereocenters. The zero-order valence-electron chi connectivity index (χ0n) is 5.16. The number of aromatic nitrogens is 1. The lowest BCUT2D eigenvalue weighted by atomic mass is 10.4. The molecule has 52 valence electrons. The molecule has 0 saturated heterocycles. The molecule has 1 rings (SSSR count). The highest BCUT2D eigenvalue weighted by atomic mass is 127. The van der Waals surface area contributed by atoms with E-state index in [2.05, 4.69) is 9.98 Å². The Labute approximate surface area is 72.5 Å². The number of rotatable bonds is 1. The molecular weight excluding hydrogens is 241 g/mol. The summed E-state index contributed by atoms with van der Waals surface area (Å²) in [6, 6.07) is 1.77. The molecule has 0 aliphatic rings. The van der Waals surface area contributed by atoms with E-state index in [0.717, 1.165) is 5.69 Å². The number of hydrogen-bond acceptors (Lipinski definition) is 3. The maximum absolute atomic E-state index is 5.53. The topological polar surface area (TPSA) is 51.3 Å². The fraction of sp³-hybridized carbons (Fsp3) is 0. The minimum absolute atomic E-state index is 0.607. The standard InChI is InChI=1S/C6H6IN3/c7-4-10-6-1-2-9-3-5(6)8/h1-4H,8H2. The van der Waals surface area contributed by atoms with Crippen LogP contribution >= 0.6 is 22.6 Å². The van der Waals surface area contributed by atoms with E-state index in [4.69, 9.17) is 5.73 Å². The number of anilines is 1. The monoisotopic (exact) mass is 247 g/mol. The summed E-state index contributed by atoms with van der Waals surface area (Å²) in [5, 5.41) is 0. The van der Waals surface area contributed by atoms with Gasteiger partial charge in [-0.2, -0.15) is 0 Å². The molecule has 0 spiro atoms. The van der Waals surface area contributed by atoms with E-state index < -0.39 is 0 Å². The van der Waals surface area contributed by atoms with Crippen LogP contribution < -0.4 is 5.73 Å². The van der Waals surface area contributed by atoms with E-state index in [1.807, 2.05) is 22.6 Å². The number of pyridine rings is 1. The summed E-state index contributed by atoms with van der Waals surface area (Å²) < 4.78 is 1.67. The van der Waals surface area contributed by atoms with Crippen LogP contribution in [0.15, 0.2) is 23.5 Å².